The van der Waals surface area contributed by atoms with E-state index in [0.717, 1.165) is 22.0 Å². The van der Waals surface area contributed by atoms with E-state index in [1.165, 1.54) is 0 Å². The van der Waals surface area contributed by atoms with Crippen LogP contribution in [0.15, 0.2) is 42.6 Å². The molecular weight excluding hydrogens is 368 g/mol. The van der Waals surface area contributed by atoms with E-state index in [4.69, 9.17) is 14.2 Å². The van der Waals surface area contributed by atoms with Crippen LogP contribution in [0.5, 0.6) is 17.2 Å². The normalized spacial score (nSPS) is 11.0. The number of hydrogen-bond acceptors (Lipinski definition) is 4. The highest BCUT2D eigenvalue weighted by Crippen LogP contribution is 2.44. The number of nitrogens with zero attached hydrogens (tertiary/aromatic N) is 1. The van der Waals surface area contributed by atoms with Crippen LogP contribution in [-0.4, -0.2) is 43.2 Å². The molecule has 1 N–H and O–H groups in total. The van der Waals surface area contributed by atoms with Gasteiger partial charge in [0.15, 0.2) is 11.5 Å². The maximum atomic E-state index is 13.2. The highest BCUT2D eigenvalue weighted by atomic mass is 16.5. The summed E-state index contributed by atoms with van der Waals surface area (Å²) in [6, 6.07) is 12.0. The number of ether oxygens (including phenoxy) is 3. The Kier molecular flexibility index (Phi) is 6.32. The number of rotatable bonds is 8. The largest absolute Gasteiger partial charge is 0.493 e. The Morgan fingerprint density at radius 1 is 1.03 bits per heavy atom. The Morgan fingerprint density at radius 3 is 2.31 bits per heavy atom. The topological polar surface area (TPSA) is 63.8 Å². The predicted octanol–water partition coefficient (Wildman–Crippen LogP) is 4.17. The lowest BCUT2D eigenvalue weighted by molar-refractivity contribution is -0.132. The fourth-order valence-electron chi connectivity index (χ4n) is 3.57. The molecule has 154 valence electrons. The number of benzene rings is 2. The van der Waals surface area contributed by atoms with E-state index in [9.17, 15) is 4.79 Å². The molecule has 1 heterocycles. The van der Waals surface area contributed by atoms with Crippen LogP contribution in [0, 0.1) is 0 Å². The van der Waals surface area contributed by atoms with Crippen LogP contribution in [0.1, 0.15) is 25.0 Å². The van der Waals surface area contributed by atoms with Gasteiger partial charge in [-0.1, -0.05) is 30.3 Å². The zero-order chi connectivity index (χ0) is 21.0. The third-order valence-electron chi connectivity index (χ3n) is 5.03. The summed E-state index contributed by atoms with van der Waals surface area (Å²) >= 11 is 0. The second kappa shape index (κ2) is 8.90. The molecule has 6 nitrogen and oxygen atoms in total. The van der Waals surface area contributed by atoms with Crippen LogP contribution >= 0.6 is 0 Å². The lowest BCUT2D eigenvalue weighted by Crippen LogP contribution is -2.37. The predicted molar refractivity (Wildman–Crippen MR) is 114 cm³/mol. The number of fused-ring (bicyclic) bond motifs is 1. The first-order valence-electron chi connectivity index (χ1n) is 9.62. The van der Waals surface area contributed by atoms with Crippen LogP contribution in [0.4, 0.5) is 0 Å². The molecular formula is C23H28N2O4. The quantitative estimate of drug-likeness (QED) is 0.621. The Labute approximate surface area is 171 Å². The van der Waals surface area contributed by atoms with Gasteiger partial charge in [-0.2, -0.15) is 0 Å². The molecule has 0 spiro atoms. The molecule has 0 radical (unpaired) electrons. The maximum Gasteiger partial charge on any atom is 0.227 e. The van der Waals surface area contributed by atoms with Crippen LogP contribution in [0.2, 0.25) is 0 Å². The number of nitrogens with one attached hydrogen (secondary N) is 1. The lowest BCUT2D eigenvalue weighted by Gasteiger charge is -2.27. The van der Waals surface area contributed by atoms with Gasteiger partial charge in [-0.15, -0.1) is 0 Å². The van der Waals surface area contributed by atoms with Crippen molar-refractivity contribution in [1.82, 2.24) is 9.88 Å². The van der Waals surface area contributed by atoms with E-state index in [0.29, 0.717) is 23.8 Å². The second-order valence-electron chi connectivity index (χ2n) is 7.16. The molecule has 0 aliphatic heterocycles. The lowest BCUT2D eigenvalue weighted by atomic mass is 10.1. The molecule has 0 saturated carbocycles. The number of H-pyrrole nitrogens is 1. The minimum Gasteiger partial charge on any atom is -0.493 e. The maximum absolute atomic E-state index is 13.2. The Hall–Kier alpha value is -3.15. The van der Waals surface area contributed by atoms with Gasteiger partial charge >= 0.3 is 0 Å². The van der Waals surface area contributed by atoms with Gasteiger partial charge in [0.2, 0.25) is 11.7 Å². The molecule has 0 atom stereocenters. The molecule has 1 aromatic heterocycles. The SMILES string of the molecule is COc1cc2[nH]cc(CC(=O)N(Cc3ccccc3)C(C)C)c2c(OC)c1OC. The number of aromatic amines is 1. The van der Waals surface area contributed by atoms with Gasteiger partial charge in [-0.25, -0.2) is 0 Å². The minimum atomic E-state index is 0.0570. The van der Waals surface area contributed by atoms with E-state index >= 15 is 0 Å². The minimum absolute atomic E-state index is 0.0570. The van der Waals surface area contributed by atoms with Crippen molar-refractivity contribution < 1.29 is 19.0 Å². The van der Waals surface area contributed by atoms with Crippen molar-refractivity contribution in [2.75, 3.05) is 21.3 Å². The van der Waals surface area contributed by atoms with Crippen LogP contribution < -0.4 is 14.2 Å². The molecule has 6 heteroatoms. The first kappa shape index (κ1) is 20.6. The zero-order valence-electron chi connectivity index (χ0n) is 17.6. The standard InChI is InChI=1S/C23H28N2O4/c1-15(2)25(14-16-9-7-6-8-10-16)20(26)11-17-13-24-18-12-19(27-3)22(28-4)23(29-5)21(17)18/h6-10,12-13,15,24H,11,14H2,1-5H3. The van der Waals surface area contributed by atoms with Crippen molar-refractivity contribution in [1.29, 1.82) is 0 Å². The zero-order valence-corrected chi connectivity index (χ0v) is 17.6. The third kappa shape index (κ3) is 4.16. The third-order valence-corrected chi connectivity index (χ3v) is 5.03. The van der Waals surface area contributed by atoms with Crippen molar-refractivity contribution in [2.45, 2.75) is 32.9 Å². The van der Waals surface area contributed by atoms with Gasteiger partial charge in [0.25, 0.3) is 0 Å². The number of aromatic nitrogens is 1. The van der Waals surface area contributed by atoms with Crippen molar-refractivity contribution in [3.8, 4) is 17.2 Å². The molecule has 0 bridgehead atoms. The molecule has 1 amide bonds. The molecule has 29 heavy (non-hydrogen) atoms. The van der Waals surface area contributed by atoms with Gasteiger partial charge < -0.3 is 24.1 Å². The van der Waals surface area contributed by atoms with Crippen molar-refractivity contribution in [3.05, 3.63) is 53.7 Å². The van der Waals surface area contributed by atoms with Crippen molar-refractivity contribution in [2.24, 2.45) is 0 Å². The molecule has 0 fully saturated rings. The molecule has 0 aliphatic rings. The van der Waals surface area contributed by atoms with Gasteiger partial charge in [0.05, 0.1) is 33.3 Å². The summed E-state index contributed by atoms with van der Waals surface area (Å²) in [4.78, 5) is 18.3. The summed E-state index contributed by atoms with van der Waals surface area (Å²) in [5.74, 6) is 1.71. The molecule has 3 aromatic rings. The summed E-state index contributed by atoms with van der Waals surface area (Å²) in [7, 11) is 4.75. The summed E-state index contributed by atoms with van der Waals surface area (Å²) in [6.07, 6.45) is 2.11. The fourth-order valence-corrected chi connectivity index (χ4v) is 3.57. The highest BCUT2D eigenvalue weighted by molar-refractivity contribution is 5.96. The van der Waals surface area contributed by atoms with E-state index in [1.807, 2.05) is 61.3 Å². The average molecular weight is 396 g/mol. The molecule has 3 rings (SSSR count). The van der Waals surface area contributed by atoms with E-state index in [1.54, 1.807) is 21.3 Å². The monoisotopic (exact) mass is 396 g/mol. The number of carbonyl (C=O) groups excluding carboxylic acids is 1. The number of carbonyl (C=O) groups is 1. The Balaban J connectivity index is 1.95. The van der Waals surface area contributed by atoms with Gasteiger partial charge in [-0.05, 0) is 25.0 Å². The van der Waals surface area contributed by atoms with Crippen molar-refractivity contribution in [3.63, 3.8) is 0 Å². The van der Waals surface area contributed by atoms with Crippen LogP contribution in [0.25, 0.3) is 10.9 Å². The van der Waals surface area contributed by atoms with Gasteiger partial charge in [-0.3, -0.25) is 4.79 Å². The van der Waals surface area contributed by atoms with E-state index in [-0.39, 0.29) is 18.4 Å². The van der Waals surface area contributed by atoms with Crippen molar-refractivity contribution >= 4 is 16.8 Å². The molecule has 2 aromatic carbocycles. The molecule has 0 unspecified atom stereocenters. The molecule has 0 aliphatic carbocycles. The van der Waals surface area contributed by atoms with E-state index < -0.39 is 0 Å². The summed E-state index contributed by atoms with van der Waals surface area (Å²) in [6.45, 7) is 4.64. The van der Waals surface area contributed by atoms with E-state index in [2.05, 4.69) is 4.98 Å². The second-order valence-corrected chi connectivity index (χ2v) is 7.16. The summed E-state index contributed by atoms with van der Waals surface area (Å²) in [5.41, 5.74) is 2.81. The summed E-state index contributed by atoms with van der Waals surface area (Å²) in [5, 5.41) is 0.835. The molecule has 0 saturated heterocycles. The first-order valence-corrected chi connectivity index (χ1v) is 9.62. The number of methoxy groups -OCH3 is 3. The number of amides is 1. The van der Waals surface area contributed by atoms with Crippen LogP contribution in [-0.2, 0) is 17.8 Å². The first-order chi connectivity index (χ1) is 14.0. The average Bonchev–Trinajstić information content (AvgIpc) is 3.13. The van der Waals surface area contributed by atoms with Crippen LogP contribution in [0.3, 0.4) is 0 Å². The Bertz CT molecular complexity index is 979. The highest BCUT2D eigenvalue weighted by Gasteiger charge is 2.23. The summed E-state index contributed by atoms with van der Waals surface area (Å²) < 4.78 is 16.5. The Morgan fingerprint density at radius 2 is 1.72 bits per heavy atom. The van der Waals surface area contributed by atoms with Gasteiger partial charge in [0, 0.05) is 30.2 Å². The smallest absolute Gasteiger partial charge is 0.227 e. The van der Waals surface area contributed by atoms with Gasteiger partial charge in [0.1, 0.15) is 0 Å². The fraction of sp³-hybridized carbons (Fsp3) is 0.348. The number of hydrogen-bond donors (Lipinski definition) is 1.